The van der Waals surface area contributed by atoms with Crippen molar-refractivity contribution in [1.29, 1.82) is 0 Å². The number of Topliss-reactive ketones (excluding diaryl/α,β-unsaturated/α-hetero) is 1. The topological polar surface area (TPSA) is 64.1 Å². The molecule has 2 aliphatic rings. The maximum Gasteiger partial charge on any atom is 0.169 e. The average Bonchev–Trinajstić information content (AvgIpc) is 3.44. The number of aromatic nitrogens is 2. The van der Waals surface area contributed by atoms with E-state index in [1.165, 1.54) is 22.3 Å². The number of aryl methyl sites for hydroxylation is 1. The monoisotopic (exact) mass is 421 g/mol. The van der Waals surface area contributed by atoms with Crippen molar-refractivity contribution in [1.82, 2.24) is 15.5 Å². The summed E-state index contributed by atoms with van der Waals surface area (Å²) in [5.74, 6) is 1.32. The minimum absolute atomic E-state index is 0.116. The fourth-order valence-corrected chi connectivity index (χ4v) is 5.20. The first-order chi connectivity index (χ1) is 14.7. The Morgan fingerprint density at radius 1 is 1.20 bits per heavy atom. The van der Waals surface area contributed by atoms with Gasteiger partial charge in [-0.25, -0.2) is 0 Å². The summed E-state index contributed by atoms with van der Waals surface area (Å²) in [5.41, 5.74) is 2.08. The van der Waals surface area contributed by atoms with Crippen LogP contribution in [0.1, 0.15) is 51.1 Å². The van der Waals surface area contributed by atoms with E-state index >= 15 is 0 Å². The largest absolute Gasteiger partial charge is 0.381 e. The molecule has 1 aromatic heterocycles. The lowest BCUT2D eigenvalue weighted by Crippen LogP contribution is -2.29. The Morgan fingerprint density at radius 3 is 2.83 bits per heavy atom. The van der Waals surface area contributed by atoms with Gasteiger partial charge in [-0.05, 0) is 67.1 Å². The highest BCUT2D eigenvalue weighted by Crippen LogP contribution is 2.44. The number of nitrogens with zero attached hydrogens (tertiary/aromatic N) is 2. The predicted octanol–water partition coefficient (Wildman–Crippen LogP) is 4.30. The Labute approximate surface area is 180 Å². The molecule has 0 radical (unpaired) electrons. The molecule has 6 heteroatoms. The summed E-state index contributed by atoms with van der Waals surface area (Å²) in [6.07, 6.45) is 3.77. The van der Waals surface area contributed by atoms with Crippen molar-refractivity contribution in [3.8, 4) is 0 Å². The summed E-state index contributed by atoms with van der Waals surface area (Å²) < 4.78 is 5.47. The minimum Gasteiger partial charge on any atom is -0.381 e. The van der Waals surface area contributed by atoms with Crippen LogP contribution in [-0.2, 0) is 11.2 Å². The summed E-state index contributed by atoms with van der Waals surface area (Å²) in [5, 5.41) is 16.0. The molecule has 1 saturated heterocycles. The van der Waals surface area contributed by atoms with Crippen molar-refractivity contribution in [2.24, 2.45) is 5.92 Å². The molecule has 2 heterocycles. The lowest BCUT2D eigenvalue weighted by Gasteiger charge is -2.22. The number of nitrogens with one attached hydrogen (secondary N) is 1. The third-order valence-electron chi connectivity index (χ3n) is 6.29. The van der Waals surface area contributed by atoms with Crippen LogP contribution in [0.5, 0.6) is 0 Å². The van der Waals surface area contributed by atoms with Crippen LogP contribution in [0.4, 0.5) is 0 Å². The average molecular weight is 422 g/mol. The highest BCUT2D eigenvalue weighted by molar-refractivity contribution is 7.11. The molecule has 0 bridgehead atoms. The molecule has 2 fully saturated rings. The second kappa shape index (κ2) is 8.53. The van der Waals surface area contributed by atoms with Crippen LogP contribution in [0.2, 0.25) is 0 Å². The number of carbonyl (C=O) groups excluding carboxylic acids is 1. The van der Waals surface area contributed by atoms with Gasteiger partial charge < -0.3 is 10.1 Å². The number of rotatable bonds is 7. The van der Waals surface area contributed by atoms with E-state index in [1.807, 2.05) is 19.1 Å². The first kappa shape index (κ1) is 19.8. The smallest absolute Gasteiger partial charge is 0.169 e. The summed E-state index contributed by atoms with van der Waals surface area (Å²) >= 11 is 1.50. The number of ether oxygens (including phenoxy) is 1. The minimum atomic E-state index is 0.116. The second-order valence-corrected chi connectivity index (χ2v) is 9.78. The van der Waals surface area contributed by atoms with E-state index in [2.05, 4.69) is 39.8 Å². The molecule has 5 nitrogen and oxygen atoms in total. The van der Waals surface area contributed by atoms with Gasteiger partial charge in [-0.1, -0.05) is 24.3 Å². The van der Waals surface area contributed by atoms with E-state index in [4.69, 9.17) is 4.74 Å². The molecule has 1 aliphatic carbocycles. The molecule has 5 rings (SSSR count). The van der Waals surface area contributed by atoms with E-state index in [-0.39, 0.29) is 5.78 Å². The molecule has 2 atom stereocenters. The number of hydrogen-bond acceptors (Lipinski definition) is 6. The summed E-state index contributed by atoms with van der Waals surface area (Å²) in [6.45, 7) is 4.77. The summed E-state index contributed by atoms with van der Waals surface area (Å²) in [7, 11) is 0. The van der Waals surface area contributed by atoms with Gasteiger partial charge >= 0.3 is 0 Å². The van der Waals surface area contributed by atoms with Crippen LogP contribution >= 0.6 is 11.3 Å². The van der Waals surface area contributed by atoms with Gasteiger partial charge in [0, 0.05) is 30.7 Å². The third kappa shape index (κ3) is 4.31. The van der Waals surface area contributed by atoms with Gasteiger partial charge in [-0.3, -0.25) is 4.79 Å². The van der Waals surface area contributed by atoms with Crippen LogP contribution in [0.25, 0.3) is 10.8 Å². The normalized spacial score (nSPS) is 21.8. The maximum absolute atomic E-state index is 13.0. The van der Waals surface area contributed by atoms with Gasteiger partial charge in [-0.15, -0.1) is 21.5 Å². The number of hydrogen-bond donors (Lipinski definition) is 1. The van der Waals surface area contributed by atoms with Crippen molar-refractivity contribution in [3.05, 3.63) is 57.5 Å². The molecule has 156 valence electrons. The number of fused-ring (bicyclic) bond motifs is 1. The van der Waals surface area contributed by atoms with E-state index in [0.717, 1.165) is 65.9 Å². The fraction of sp³-hybridized carbons (Fsp3) is 0.458. The van der Waals surface area contributed by atoms with Crippen molar-refractivity contribution in [2.75, 3.05) is 19.8 Å². The molecule has 1 aliphatic heterocycles. The van der Waals surface area contributed by atoms with Gasteiger partial charge in [-0.2, -0.15) is 0 Å². The Kier molecular flexibility index (Phi) is 5.63. The molecule has 30 heavy (non-hydrogen) atoms. The highest BCUT2D eigenvalue weighted by Gasteiger charge is 2.39. The maximum atomic E-state index is 13.0. The van der Waals surface area contributed by atoms with Crippen LogP contribution in [0.15, 0.2) is 36.4 Å². The SMILES string of the molecule is Cc1nnc(CC(=O)c2cc(C3CC3NCC3CCOCC3)c3ccccc3c2)s1. The molecule has 0 amide bonds. The first-order valence-corrected chi connectivity index (χ1v) is 11.6. The summed E-state index contributed by atoms with van der Waals surface area (Å²) in [4.78, 5) is 13.0. The molecule has 0 spiro atoms. The number of ketones is 1. The highest BCUT2D eigenvalue weighted by atomic mass is 32.1. The van der Waals surface area contributed by atoms with Crippen molar-refractivity contribution in [3.63, 3.8) is 0 Å². The van der Waals surface area contributed by atoms with E-state index in [9.17, 15) is 4.79 Å². The second-order valence-electron chi connectivity index (χ2n) is 8.51. The van der Waals surface area contributed by atoms with Gasteiger partial charge in [0.15, 0.2) is 5.78 Å². The van der Waals surface area contributed by atoms with Gasteiger partial charge in [0.2, 0.25) is 0 Å². The number of carbonyl (C=O) groups is 1. The Morgan fingerprint density at radius 2 is 2.03 bits per heavy atom. The number of benzene rings is 2. The van der Waals surface area contributed by atoms with Crippen LogP contribution in [0, 0.1) is 12.8 Å². The van der Waals surface area contributed by atoms with Gasteiger partial charge in [0.25, 0.3) is 0 Å². The Balaban J connectivity index is 1.34. The molecule has 2 aromatic carbocycles. The van der Waals surface area contributed by atoms with Crippen LogP contribution < -0.4 is 5.32 Å². The lowest BCUT2D eigenvalue weighted by atomic mass is 9.95. The quantitative estimate of drug-likeness (QED) is 0.577. The van der Waals surface area contributed by atoms with Crippen LogP contribution in [-0.4, -0.2) is 41.8 Å². The molecule has 3 aromatic rings. The van der Waals surface area contributed by atoms with E-state index in [1.54, 1.807) is 0 Å². The van der Waals surface area contributed by atoms with Crippen molar-refractivity contribution in [2.45, 2.75) is 44.6 Å². The third-order valence-corrected chi connectivity index (χ3v) is 7.13. The zero-order chi connectivity index (χ0) is 20.5. The summed E-state index contributed by atoms with van der Waals surface area (Å²) in [6, 6.07) is 13.1. The predicted molar refractivity (Wildman–Crippen MR) is 119 cm³/mol. The zero-order valence-corrected chi connectivity index (χ0v) is 18.1. The van der Waals surface area contributed by atoms with E-state index in [0.29, 0.717) is 18.4 Å². The Hall–Kier alpha value is -2.15. The molecular weight excluding hydrogens is 394 g/mol. The van der Waals surface area contributed by atoms with Crippen molar-refractivity contribution < 1.29 is 9.53 Å². The van der Waals surface area contributed by atoms with Crippen LogP contribution in [0.3, 0.4) is 0 Å². The van der Waals surface area contributed by atoms with Crippen molar-refractivity contribution >= 4 is 27.9 Å². The molecule has 2 unspecified atom stereocenters. The van der Waals surface area contributed by atoms with Gasteiger partial charge in [0.1, 0.15) is 10.0 Å². The van der Waals surface area contributed by atoms with E-state index < -0.39 is 0 Å². The zero-order valence-electron chi connectivity index (χ0n) is 17.3. The standard InChI is InChI=1S/C24H27N3O2S/c1-15-26-27-24(30-15)13-23(28)18-10-17-4-2-3-5-19(17)20(11-18)21-12-22(21)25-14-16-6-8-29-9-7-16/h2-5,10-11,16,21-22,25H,6-9,12-14H2,1H3. The van der Waals surface area contributed by atoms with Gasteiger partial charge in [0.05, 0.1) is 6.42 Å². The fourth-order valence-electron chi connectivity index (χ4n) is 4.49. The first-order valence-electron chi connectivity index (χ1n) is 10.8. The lowest BCUT2D eigenvalue weighted by molar-refractivity contribution is 0.0662. The Bertz CT molecular complexity index is 1060. The molecule has 1 N–H and O–H groups in total. The molecular formula is C24H27N3O2S. The molecule has 1 saturated carbocycles.